The summed E-state index contributed by atoms with van der Waals surface area (Å²) in [5.74, 6) is 0.0240. The van der Waals surface area contributed by atoms with Gasteiger partial charge in [-0.25, -0.2) is 4.98 Å². The normalized spacial score (nSPS) is 10.8. The van der Waals surface area contributed by atoms with Gasteiger partial charge >= 0.3 is 0 Å². The Labute approximate surface area is 139 Å². The van der Waals surface area contributed by atoms with Crippen molar-refractivity contribution in [3.63, 3.8) is 0 Å². The fourth-order valence-corrected chi connectivity index (χ4v) is 2.67. The van der Waals surface area contributed by atoms with E-state index in [2.05, 4.69) is 4.98 Å². The van der Waals surface area contributed by atoms with Crippen LogP contribution in [0.2, 0.25) is 0 Å². The first-order chi connectivity index (χ1) is 11.5. The van der Waals surface area contributed by atoms with Crippen LogP contribution in [0.5, 0.6) is 0 Å². The zero-order valence-electron chi connectivity index (χ0n) is 13.6. The van der Waals surface area contributed by atoms with Crippen molar-refractivity contribution in [2.45, 2.75) is 13.5 Å². The Bertz CT molecular complexity index is 929. The van der Waals surface area contributed by atoms with Crippen LogP contribution in [0.1, 0.15) is 21.6 Å². The molecule has 1 amide bonds. The van der Waals surface area contributed by atoms with Crippen LogP contribution in [-0.2, 0) is 13.6 Å². The summed E-state index contributed by atoms with van der Waals surface area (Å²) in [5, 5.41) is 0. The van der Waals surface area contributed by atoms with E-state index in [1.807, 2.05) is 34.9 Å². The number of carbonyl (C=O) groups excluding carboxylic acids is 1. The van der Waals surface area contributed by atoms with Crippen molar-refractivity contribution in [3.05, 3.63) is 76.0 Å². The average molecular weight is 322 g/mol. The zero-order chi connectivity index (χ0) is 17.3. The van der Waals surface area contributed by atoms with Gasteiger partial charge in [-0.15, -0.1) is 0 Å². The van der Waals surface area contributed by atoms with E-state index in [-0.39, 0.29) is 11.3 Å². The van der Waals surface area contributed by atoms with Crippen LogP contribution >= 0.6 is 0 Å². The quantitative estimate of drug-likeness (QED) is 0.793. The van der Waals surface area contributed by atoms with Crippen molar-refractivity contribution in [2.24, 2.45) is 12.8 Å². The van der Waals surface area contributed by atoms with Crippen LogP contribution in [0.15, 0.2) is 53.6 Å². The fraction of sp³-hybridized carbons (Fsp3) is 0.167. The number of hydrogen-bond donors (Lipinski definition) is 1. The lowest BCUT2D eigenvalue weighted by Crippen LogP contribution is -2.18. The molecule has 0 aliphatic rings. The van der Waals surface area contributed by atoms with E-state index >= 15 is 0 Å². The second-order valence-electron chi connectivity index (χ2n) is 5.76. The van der Waals surface area contributed by atoms with Crippen molar-refractivity contribution in [1.82, 2.24) is 14.1 Å². The van der Waals surface area contributed by atoms with Gasteiger partial charge in [0.25, 0.3) is 11.5 Å². The van der Waals surface area contributed by atoms with Crippen molar-refractivity contribution in [2.75, 3.05) is 0 Å². The van der Waals surface area contributed by atoms with Crippen molar-refractivity contribution in [1.29, 1.82) is 0 Å². The zero-order valence-corrected chi connectivity index (χ0v) is 13.6. The highest BCUT2D eigenvalue weighted by molar-refractivity contribution is 5.91. The minimum absolute atomic E-state index is 0.0601. The molecule has 0 atom stereocenters. The Morgan fingerprint density at radius 2 is 1.92 bits per heavy atom. The molecule has 0 unspecified atom stereocenters. The van der Waals surface area contributed by atoms with Gasteiger partial charge in [-0.3, -0.25) is 9.59 Å². The first kappa shape index (κ1) is 15.7. The number of nitrogens with two attached hydrogens (primary N) is 1. The average Bonchev–Trinajstić information content (AvgIpc) is 2.97. The number of aromatic nitrogens is 3. The number of imidazole rings is 1. The molecule has 3 aromatic rings. The maximum Gasteiger partial charge on any atom is 0.268 e. The molecular weight excluding hydrogens is 304 g/mol. The number of primary amides is 1. The topological polar surface area (TPSA) is 82.9 Å². The summed E-state index contributed by atoms with van der Waals surface area (Å²) in [6, 6.07) is 11.6. The number of nitrogens with zero attached hydrogens (tertiary/aromatic N) is 3. The highest BCUT2D eigenvalue weighted by atomic mass is 16.1. The molecule has 0 bridgehead atoms. The SMILES string of the molecule is Cc1cc(-c2nc(C(N)=O)cn2Cc2ccccc2)cn(C)c1=O. The molecule has 0 saturated heterocycles. The molecular formula is C18H18N4O2. The molecule has 6 heteroatoms. The van der Waals surface area contributed by atoms with Gasteiger partial charge in [-0.05, 0) is 18.6 Å². The van der Waals surface area contributed by atoms with E-state index in [1.54, 1.807) is 32.4 Å². The Hall–Kier alpha value is -3.15. The fourth-order valence-electron chi connectivity index (χ4n) is 2.67. The van der Waals surface area contributed by atoms with Crippen LogP contribution in [0.25, 0.3) is 11.4 Å². The maximum atomic E-state index is 11.9. The maximum absolute atomic E-state index is 11.9. The molecule has 0 saturated carbocycles. The number of rotatable bonds is 4. The summed E-state index contributed by atoms with van der Waals surface area (Å²) in [4.78, 5) is 27.8. The van der Waals surface area contributed by atoms with Gasteiger partial charge in [0.05, 0.1) is 0 Å². The smallest absolute Gasteiger partial charge is 0.268 e. The number of benzene rings is 1. The van der Waals surface area contributed by atoms with Gasteiger partial charge in [0.1, 0.15) is 11.5 Å². The summed E-state index contributed by atoms with van der Waals surface area (Å²) in [7, 11) is 1.69. The van der Waals surface area contributed by atoms with Gasteiger partial charge in [0, 0.05) is 37.1 Å². The van der Waals surface area contributed by atoms with Crippen molar-refractivity contribution < 1.29 is 4.79 Å². The summed E-state index contributed by atoms with van der Waals surface area (Å²) in [5.41, 5.74) is 7.98. The molecule has 1 aromatic carbocycles. The number of carbonyl (C=O) groups is 1. The predicted octanol–water partition coefficient (Wildman–Crippen LogP) is 1.70. The van der Waals surface area contributed by atoms with E-state index in [0.717, 1.165) is 11.1 Å². The highest BCUT2D eigenvalue weighted by Crippen LogP contribution is 2.20. The Kier molecular flexibility index (Phi) is 4.04. The molecule has 0 fully saturated rings. The molecule has 3 rings (SSSR count). The van der Waals surface area contributed by atoms with Gasteiger partial charge in [-0.1, -0.05) is 30.3 Å². The Morgan fingerprint density at radius 1 is 1.21 bits per heavy atom. The van der Waals surface area contributed by atoms with Gasteiger partial charge < -0.3 is 14.9 Å². The third-order valence-corrected chi connectivity index (χ3v) is 3.85. The second-order valence-corrected chi connectivity index (χ2v) is 5.76. The van der Waals surface area contributed by atoms with E-state index in [0.29, 0.717) is 17.9 Å². The first-order valence-corrected chi connectivity index (χ1v) is 7.54. The third kappa shape index (κ3) is 2.99. The van der Waals surface area contributed by atoms with Gasteiger partial charge in [0.15, 0.2) is 0 Å². The monoisotopic (exact) mass is 322 g/mol. The molecule has 2 N–H and O–H groups in total. The summed E-state index contributed by atoms with van der Waals surface area (Å²) < 4.78 is 3.38. The molecule has 122 valence electrons. The Balaban J connectivity index is 2.12. The molecule has 2 aromatic heterocycles. The minimum atomic E-state index is -0.579. The van der Waals surface area contributed by atoms with Crippen molar-refractivity contribution >= 4 is 5.91 Å². The Morgan fingerprint density at radius 3 is 2.54 bits per heavy atom. The molecule has 0 radical (unpaired) electrons. The van der Waals surface area contributed by atoms with Crippen LogP contribution in [0.4, 0.5) is 0 Å². The summed E-state index contributed by atoms with van der Waals surface area (Å²) in [6.07, 6.45) is 3.36. The van der Waals surface area contributed by atoms with Gasteiger partial charge in [0.2, 0.25) is 0 Å². The van der Waals surface area contributed by atoms with E-state index < -0.39 is 5.91 Å². The van der Waals surface area contributed by atoms with E-state index in [1.165, 1.54) is 4.57 Å². The predicted molar refractivity (Wildman–Crippen MR) is 91.7 cm³/mol. The summed E-state index contributed by atoms with van der Waals surface area (Å²) >= 11 is 0. The number of amides is 1. The first-order valence-electron chi connectivity index (χ1n) is 7.54. The molecule has 0 aliphatic carbocycles. The third-order valence-electron chi connectivity index (χ3n) is 3.85. The highest BCUT2D eigenvalue weighted by Gasteiger charge is 2.15. The van der Waals surface area contributed by atoms with Crippen LogP contribution in [0, 0.1) is 6.92 Å². The van der Waals surface area contributed by atoms with Gasteiger partial charge in [-0.2, -0.15) is 0 Å². The van der Waals surface area contributed by atoms with E-state index in [9.17, 15) is 9.59 Å². The second kappa shape index (κ2) is 6.16. The lowest BCUT2D eigenvalue weighted by Gasteiger charge is -2.10. The number of aryl methyl sites for hydroxylation is 2. The molecule has 0 aliphatic heterocycles. The van der Waals surface area contributed by atoms with E-state index in [4.69, 9.17) is 5.73 Å². The number of pyridine rings is 1. The molecule has 2 heterocycles. The van der Waals surface area contributed by atoms with Crippen LogP contribution in [0.3, 0.4) is 0 Å². The standard InChI is InChI=1S/C18H18N4O2/c1-12-8-14(10-21(2)18(12)24)17-20-15(16(19)23)11-22(17)9-13-6-4-3-5-7-13/h3-8,10-11H,9H2,1-2H3,(H2,19,23). The molecule has 24 heavy (non-hydrogen) atoms. The lowest BCUT2D eigenvalue weighted by atomic mass is 10.2. The minimum Gasteiger partial charge on any atom is -0.364 e. The summed E-state index contributed by atoms with van der Waals surface area (Å²) in [6.45, 7) is 2.31. The van der Waals surface area contributed by atoms with Crippen molar-refractivity contribution in [3.8, 4) is 11.4 Å². The molecule has 0 spiro atoms. The lowest BCUT2D eigenvalue weighted by molar-refractivity contribution is 0.0996. The molecule has 6 nitrogen and oxygen atoms in total. The number of hydrogen-bond acceptors (Lipinski definition) is 3. The van der Waals surface area contributed by atoms with Crippen LogP contribution in [-0.4, -0.2) is 20.0 Å². The largest absolute Gasteiger partial charge is 0.364 e. The van der Waals surface area contributed by atoms with Crippen LogP contribution < -0.4 is 11.3 Å².